The van der Waals surface area contributed by atoms with Gasteiger partial charge < -0.3 is 14.4 Å². The Morgan fingerprint density at radius 2 is 2.06 bits per heavy atom. The minimum atomic E-state index is -0.270. The highest BCUT2D eigenvalue weighted by atomic mass is 16.5. The molecule has 0 unspecified atom stereocenters. The van der Waals surface area contributed by atoms with Crippen molar-refractivity contribution in [1.82, 2.24) is 9.88 Å². The zero-order valence-electron chi connectivity index (χ0n) is 20.1. The number of carbonyl (C=O) groups is 1. The number of aromatic nitrogens is 1. The molecular formula is C25H36N4O3. The van der Waals surface area contributed by atoms with Crippen molar-refractivity contribution < 1.29 is 14.3 Å². The maximum Gasteiger partial charge on any atom is 0.302 e. The van der Waals surface area contributed by atoms with Crippen LogP contribution in [0.15, 0.2) is 0 Å². The van der Waals surface area contributed by atoms with E-state index in [4.69, 9.17) is 14.5 Å². The maximum absolute atomic E-state index is 11.2. The lowest BCUT2D eigenvalue weighted by molar-refractivity contribution is -0.141. The van der Waals surface area contributed by atoms with E-state index in [0.29, 0.717) is 31.1 Å². The van der Waals surface area contributed by atoms with E-state index in [9.17, 15) is 10.1 Å². The topological polar surface area (TPSA) is 78.7 Å². The fraction of sp³-hybridized carbons (Fsp3) is 0.720. The molecule has 7 nitrogen and oxygen atoms in total. The summed E-state index contributed by atoms with van der Waals surface area (Å²) in [6.07, 6.45) is 3.09. The van der Waals surface area contributed by atoms with Crippen molar-refractivity contribution in [2.45, 2.75) is 78.0 Å². The third-order valence-electron chi connectivity index (χ3n) is 7.00. The van der Waals surface area contributed by atoms with Crippen LogP contribution >= 0.6 is 0 Å². The van der Waals surface area contributed by atoms with Gasteiger partial charge in [-0.3, -0.25) is 9.69 Å². The number of hydrogen-bond acceptors (Lipinski definition) is 7. The SMILES string of the molecule is CC(=O)OCCN1CCN(c2nc(C3CC3)c3c(c2C#N)CC(C)(C)OC3)C[C@H]1C(C)C. The molecule has 32 heavy (non-hydrogen) atoms. The maximum atomic E-state index is 11.2. The molecule has 174 valence electrons. The van der Waals surface area contributed by atoms with Gasteiger partial charge in [0.2, 0.25) is 0 Å². The molecular weight excluding hydrogens is 404 g/mol. The molecule has 1 atom stereocenters. The fourth-order valence-electron chi connectivity index (χ4n) is 5.08. The van der Waals surface area contributed by atoms with Crippen LogP contribution in [0.25, 0.3) is 0 Å². The first kappa shape index (κ1) is 23.0. The Kier molecular flexibility index (Phi) is 6.46. The largest absolute Gasteiger partial charge is 0.465 e. The van der Waals surface area contributed by atoms with Crippen LogP contribution in [0.1, 0.15) is 75.8 Å². The fourth-order valence-corrected chi connectivity index (χ4v) is 5.08. The highest BCUT2D eigenvalue weighted by Crippen LogP contribution is 2.45. The van der Waals surface area contributed by atoms with E-state index in [1.54, 1.807) is 0 Å². The van der Waals surface area contributed by atoms with Crippen molar-refractivity contribution in [3.05, 3.63) is 22.4 Å². The summed E-state index contributed by atoms with van der Waals surface area (Å²) in [5.74, 6) is 1.57. The van der Waals surface area contributed by atoms with Crippen molar-refractivity contribution in [1.29, 1.82) is 5.26 Å². The van der Waals surface area contributed by atoms with Crippen molar-refractivity contribution >= 4 is 11.8 Å². The van der Waals surface area contributed by atoms with Gasteiger partial charge in [-0.2, -0.15) is 5.26 Å². The van der Waals surface area contributed by atoms with Gasteiger partial charge in [0.25, 0.3) is 0 Å². The van der Waals surface area contributed by atoms with Gasteiger partial charge in [-0.15, -0.1) is 0 Å². The van der Waals surface area contributed by atoms with E-state index < -0.39 is 0 Å². The van der Waals surface area contributed by atoms with Gasteiger partial charge in [0, 0.05) is 57.0 Å². The molecule has 3 aliphatic rings. The molecule has 2 aliphatic heterocycles. The number of ether oxygens (including phenoxy) is 2. The smallest absolute Gasteiger partial charge is 0.302 e. The molecule has 0 N–H and O–H groups in total. The summed E-state index contributed by atoms with van der Waals surface area (Å²) in [6, 6.07) is 2.83. The van der Waals surface area contributed by atoms with Crippen LogP contribution in [-0.4, -0.2) is 60.3 Å². The number of hydrogen-bond donors (Lipinski definition) is 0. The zero-order valence-corrected chi connectivity index (χ0v) is 20.1. The lowest BCUT2D eigenvalue weighted by Crippen LogP contribution is -2.56. The second kappa shape index (κ2) is 8.99. The molecule has 3 heterocycles. The molecule has 1 saturated carbocycles. The minimum absolute atomic E-state index is 0.235. The molecule has 0 radical (unpaired) electrons. The Morgan fingerprint density at radius 1 is 1.31 bits per heavy atom. The molecule has 1 aromatic rings. The van der Waals surface area contributed by atoms with Crippen LogP contribution in [0.4, 0.5) is 5.82 Å². The first-order valence-electron chi connectivity index (χ1n) is 11.9. The minimum Gasteiger partial charge on any atom is -0.465 e. The second-order valence-corrected chi connectivity index (χ2v) is 10.4. The molecule has 0 bridgehead atoms. The predicted octanol–water partition coefficient (Wildman–Crippen LogP) is 3.39. The molecule has 1 saturated heterocycles. The number of rotatable bonds is 6. The Hall–Kier alpha value is -2.17. The zero-order chi connectivity index (χ0) is 23.0. The standard InChI is InChI=1S/C25H36N4O3/c1-16(2)22-14-29(9-8-28(22)10-11-31-17(3)30)24-20(13-26)19-12-25(4,5)32-15-21(19)23(27-24)18-6-7-18/h16,18,22H,6-12,14-15H2,1-5H3/t22-/m0/s1. The van der Waals surface area contributed by atoms with Crippen LogP contribution in [-0.2, 0) is 27.3 Å². The number of esters is 1. The van der Waals surface area contributed by atoms with Gasteiger partial charge in [-0.25, -0.2) is 4.98 Å². The molecule has 0 aromatic carbocycles. The lowest BCUT2D eigenvalue weighted by atomic mass is 9.87. The molecule has 1 aliphatic carbocycles. The van der Waals surface area contributed by atoms with Gasteiger partial charge >= 0.3 is 5.97 Å². The van der Waals surface area contributed by atoms with Crippen LogP contribution < -0.4 is 4.90 Å². The Labute approximate surface area is 191 Å². The Bertz CT molecular complexity index is 917. The summed E-state index contributed by atoms with van der Waals surface area (Å²) in [6.45, 7) is 14.3. The van der Waals surface area contributed by atoms with E-state index in [0.717, 1.165) is 60.8 Å². The molecule has 1 aromatic heterocycles. The number of carbonyl (C=O) groups excluding carboxylic acids is 1. The third-order valence-corrected chi connectivity index (χ3v) is 7.00. The van der Waals surface area contributed by atoms with Crippen molar-refractivity contribution in [3.63, 3.8) is 0 Å². The third kappa shape index (κ3) is 4.77. The van der Waals surface area contributed by atoms with Gasteiger partial charge in [-0.1, -0.05) is 13.8 Å². The normalized spacial score (nSPS) is 23.0. The van der Waals surface area contributed by atoms with Crippen LogP contribution in [0.3, 0.4) is 0 Å². The average Bonchev–Trinajstić information content (AvgIpc) is 3.57. The van der Waals surface area contributed by atoms with Crippen molar-refractivity contribution in [2.75, 3.05) is 37.7 Å². The summed E-state index contributed by atoms with van der Waals surface area (Å²) in [7, 11) is 0. The number of piperazine rings is 1. The number of fused-ring (bicyclic) bond motifs is 1. The second-order valence-electron chi connectivity index (χ2n) is 10.4. The molecule has 2 fully saturated rings. The van der Waals surface area contributed by atoms with Gasteiger partial charge in [0.1, 0.15) is 18.5 Å². The monoisotopic (exact) mass is 440 g/mol. The molecule has 4 rings (SSSR count). The Morgan fingerprint density at radius 3 is 2.69 bits per heavy atom. The number of nitriles is 1. The van der Waals surface area contributed by atoms with Crippen molar-refractivity contribution in [2.24, 2.45) is 5.92 Å². The number of pyridine rings is 1. The van der Waals surface area contributed by atoms with Crippen molar-refractivity contribution in [3.8, 4) is 6.07 Å². The van der Waals surface area contributed by atoms with E-state index >= 15 is 0 Å². The summed E-state index contributed by atoms with van der Waals surface area (Å²) in [5.41, 5.74) is 3.93. The van der Waals surface area contributed by atoms with E-state index in [1.807, 2.05) is 0 Å². The molecule has 0 amide bonds. The summed E-state index contributed by atoms with van der Waals surface area (Å²) in [4.78, 5) is 21.0. The average molecular weight is 441 g/mol. The summed E-state index contributed by atoms with van der Waals surface area (Å²) < 4.78 is 11.3. The van der Waals surface area contributed by atoms with Gasteiger partial charge in [0.05, 0.1) is 23.5 Å². The van der Waals surface area contributed by atoms with E-state index in [1.165, 1.54) is 19.8 Å². The predicted molar refractivity (Wildman–Crippen MR) is 123 cm³/mol. The van der Waals surface area contributed by atoms with Crippen LogP contribution in [0.5, 0.6) is 0 Å². The van der Waals surface area contributed by atoms with Crippen LogP contribution in [0, 0.1) is 17.2 Å². The number of anilines is 1. The number of nitrogens with zero attached hydrogens (tertiary/aromatic N) is 4. The lowest BCUT2D eigenvalue weighted by Gasteiger charge is -2.44. The summed E-state index contributed by atoms with van der Waals surface area (Å²) in [5, 5.41) is 10.2. The first-order chi connectivity index (χ1) is 15.2. The molecule has 0 spiro atoms. The molecule has 7 heteroatoms. The van der Waals surface area contributed by atoms with E-state index in [2.05, 4.69) is 43.6 Å². The first-order valence-corrected chi connectivity index (χ1v) is 11.9. The highest BCUT2D eigenvalue weighted by molar-refractivity contribution is 5.66. The quantitative estimate of drug-likeness (QED) is 0.627. The van der Waals surface area contributed by atoms with Crippen LogP contribution in [0.2, 0.25) is 0 Å². The van der Waals surface area contributed by atoms with E-state index in [-0.39, 0.29) is 11.6 Å². The Balaban J connectivity index is 1.64. The van der Waals surface area contributed by atoms with Gasteiger partial charge in [-0.05, 0) is 38.2 Å². The summed E-state index contributed by atoms with van der Waals surface area (Å²) >= 11 is 0. The highest BCUT2D eigenvalue weighted by Gasteiger charge is 2.38. The van der Waals surface area contributed by atoms with Gasteiger partial charge in [0.15, 0.2) is 0 Å².